The number of aryl methyl sites for hydroxylation is 3. The van der Waals surface area contributed by atoms with E-state index in [0.717, 1.165) is 56.2 Å². The van der Waals surface area contributed by atoms with Gasteiger partial charge >= 0.3 is 0 Å². The van der Waals surface area contributed by atoms with E-state index in [2.05, 4.69) is 36.1 Å². The van der Waals surface area contributed by atoms with E-state index in [9.17, 15) is 0 Å². The quantitative estimate of drug-likeness (QED) is 0.716. The molecule has 0 saturated heterocycles. The van der Waals surface area contributed by atoms with Gasteiger partial charge in [-0.15, -0.1) is 0 Å². The summed E-state index contributed by atoms with van der Waals surface area (Å²) >= 11 is 0. The maximum atomic E-state index is 5.00. The van der Waals surface area contributed by atoms with Crippen molar-refractivity contribution in [1.82, 2.24) is 15.3 Å². The smallest absolute Gasteiger partial charge is 0.128 e. The first-order valence-corrected chi connectivity index (χ1v) is 6.71. The van der Waals surface area contributed by atoms with Crippen LogP contribution in [-0.2, 0) is 17.6 Å². The second-order valence-corrected chi connectivity index (χ2v) is 4.53. The largest absolute Gasteiger partial charge is 0.383 e. The van der Waals surface area contributed by atoms with Gasteiger partial charge in [-0.05, 0) is 38.8 Å². The molecule has 1 N–H and O–H groups in total. The molecule has 0 aliphatic carbocycles. The molecule has 0 unspecified atom stereocenters. The molecule has 0 aromatic carbocycles. The second kappa shape index (κ2) is 8.16. The molecule has 1 aromatic rings. The van der Waals surface area contributed by atoms with Crippen molar-refractivity contribution in [3.05, 3.63) is 22.8 Å². The zero-order chi connectivity index (χ0) is 13.4. The first-order chi connectivity index (χ1) is 8.69. The minimum Gasteiger partial charge on any atom is -0.383 e. The van der Waals surface area contributed by atoms with Gasteiger partial charge in [0.1, 0.15) is 5.82 Å². The third-order valence-electron chi connectivity index (χ3n) is 2.98. The number of hydrogen-bond acceptors (Lipinski definition) is 4. The Morgan fingerprint density at radius 1 is 1.06 bits per heavy atom. The van der Waals surface area contributed by atoms with E-state index < -0.39 is 0 Å². The van der Waals surface area contributed by atoms with Gasteiger partial charge in [0.2, 0.25) is 0 Å². The minimum absolute atomic E-state index is 0.754. The number of hydrogen-bond donors (Lipinski definition) is 1. The normalized spacial score (nSPS) is 10.9. The predicted octanol–water partition coefficient (Wildman–Crippen LogP) is 1.82. The van der Waals surface area contributed by atoms with Crippen molar-refractivity contribution in [2.75, 3.05) is 26.8 Å². The van der Waals surface area contributed by atoms with Gasteiger partial charge in [-0.1, -0.05) is 6.92 Å². The maximum Gasteiger partial charge on any atom is 0.128 e. The van der Waals surface area contributed by atoms with E-state index in [0.29, 0.717) is 0 Å². The van der Waals surface area contributed by atoms with Gasteiger partial charge in [-0.2, -0.15) is 0 Å². The van der Waals surface area contributed by atoms with Gasteiger partial charge in [-0.25, -0.2) is 9.97 Å². The van der Waals surface area contributed by atoms with Crippen LogP contribution in [-0.4, -0.2) is 36.8 Å². The van der Waals surface area contributed by atoms with Crippen molar-refractivity contribution in [3.63, 3.8) is 0 Å². The summed E-state index contributed by atoms with van der Waals surface area (Å²) in [4.78, 5) is 9.15. The number of nitrogens with one attached hydrogen (secondary N) is 1. The fraction of sp³-hybridized carbons (Fsp3) is 0.714. The molecule has 1 heterocycles. The fourth-order valence-corrected chi connectivity index (χ4v) is 2.02. The highest BCUT2D eigenvalue weighted by Crippen LogP contribution is 2.11. The lowest BCUT2D eigenvalue weighted by molar-refractivity contribution is 0.199. The highest BCUT2D eigenvalue weighted by atomic mass is 16.5. The van der Waals surface area contributed by atoms with Crippen molar-refractivity contribution in [2.24, 2.45) is 0 Å². The van der Waals surface area contributed by atoms with Crippen LogP contribution in [0, 0.1) is 13.8 Å². The molecule has 0 radical (unpaired) electrons. The number of ether oxygens (including phenoxy) is 1. The maximum absolute atomic E-state index is 5.00. The molecule has 0 bridgehead atoms. The monoisotopic (exact) mass is 251 g/mol. The second-order valence-electron chi connectivity index (χ2n) is 4.53. The Hall–Kier alpha value is -1.00. The van der Waals surface area contributed by atoms with Crippen LogP contribution in [0.2, 0.25) is 0 Å². The van der Waals surface area contributed by atoms with Gasteiger partial charge in [0.15, 0.2) is 0 Å². The molecule has 1 aromatic heterocycles. The molecule has 4 nitrogen and oxygen atoms in total. The third-order valence-corrected chi connectivity index (χ3v) is 2.98. The average molecular weight is 251 g/mol. The van der Waals surface area contributed by atoms with Crippen LogP contribution in [0.3, 0.4) is 0 Å². The van der Waals surface area contributed by atoms with E-state index in [1.807, 2.05) is 0 Å². The van der Waals surface area contributed by atoms with Gasteiger partial charge < -0.3 is 10.1 Å². The van der Waals surface area contributed by atoms with Gasteiger partial charge in [0.25, 0.3) is 0 Å². The lowest BCUT2D eigenvalue weighted by atomic mass is 10.1. The Bertz CT molecular complexity index is 343. The van der Waals surface area contributed by atoms with Gasteiger partial charge in [-0.3, -0.25) is 0 Å². The highest BCUT2D eigenvalue weighted by molar-refractivity contribution is 5.24. The Kier molecular flexibility index (Phi) is 6.83. The molecule has 0 aliphatic heterocycles. The molecule has 0 saturated carbocycles. The van der Waals surface area contributed by atoms with Crippen LogP contribution in [0.15, 0.2) is 0 Å². The van der Waals surface area contributed by atoms with Crippen LogP contribution >= 0.6 is 0 Å². The molecular formula is C14H25N3O. The predicted molar refractivity (Wildman–Crippen MR) is 74.0 cm³/mol. The molecule has 1 rings (SSSR count). The van der Waals surface area contributed by atoms with Crippen LogP contribution in [0.25, 0.3) is 0 Å². The first kappa shape index (κ1) is 15.1. The van der Waals surface area contributed by atoms with Crippen LogP contribution in [0.5, 0.6) is 0 Å². The van der Waals surface area contributed by atoms with Crippen molar-refractivity contribution >= 4 is 0 Å². The van der Waals surface area contributed by atoms with Gasteiger partial charge in [0.05, 0.1) is 6.61 Å². The SMILES string of the molecule is CCCc1nc(C)c(CCNCCOC)c(C)n1. The molecule has 102 valence electrons. The lowest BCUT2D eigenvalue weighted by Crippen LogP contribution is -2.22. The lowest BCUT2D eigenvalue weighted by Gasteiger charge is -2.11. The molecule has 0 fully saturated rings. The minimum atomic E-state index is 0.754. The molecular weight excluding hydrogens is 226 g/mol. The van der Waals surface area contributed by atoms with Crippen molar-refractivity contribution in [2.45, 2.75) is 40.0 Å². The Labute approximate surface area is 110 Å². The standard InChI is InChI=1S/C14H25N3O/c1-5-6-14-16-11(2)13(12(3)17-14)7-8-15-9-10-18-4/h15H,5-10H2,1-4H3. The van der Waals surface area contributed by atoms with E-state index in [-0.39, 0.29) is 0 Å². The van der Waals surface area contributed by atoms with E-state index in [1.54, 1.807) is 7.11 Å². The zero-order valence-corrected chi connectivity index (χ0v) is 12.0. The Morgan fingerprint density at radius 2 is 1.72 bits per heavy atom. The highest BCUT2D eigenvalue weighted by Gasteiger charge is 2.07. The van der Waals surface area contributed by atoms with Crippen LogP contribution < -0.4 is 5.32 Å². The van der Waals surface area contributed by atoms with Crippen molar-refractivity contribution < 1.29 is 4.74 Å². The summed E-state index contributed by atoms with van der Waals surface area (Å²) in [5.41, 5.74) is 3.53. The molecule has 0 atom stereocenters. The topological polar surface area (TPSA) is 47.0 Å². The molecule has 0 amide bonds. The van der Waals surface area contributed by atoms with Gasteiger partial charge in [0, 0.05) is 31.5 Å². The van der Waals surface area contributed by atoms with E-state index >= 15 is 0 Å². The Balaban J connectivity index is 2.54. The van der Waals surface area contributed by atoms with Crippen LogP contribution in [0.1, 0.15) is 36.1 Å². The summed E-state index contributed by atoms with van der Waals surface area (Å²) < 4.78 is 5.00. The summed E-state index contributed by atoms with van der Waals surface area (Å²) in [6.07, 6.45) is 3.04. The van der Waals surface area contributed by atoms with Crippen LogP contribution in [0.4, 0.5) is 0 Å². The summed E-state index contributed by atoms with van der Waals surface area (Å²) in [5.74, 6) is 0.976. The average Bonchev–Trinajstić information content (AvgIpc) is 2.32. The Morgan fingerprint density at radius 3 is 2.28 bits per heavy atom. The van der Waals surface area contributed by atoms with Crippen molar-refractivity contribution in [1.29, 1.82) is 0 Å². The third kappa shape index (κ3) is 4.70. The molecule has 0 aliphatic rings. The van der Waals surface area contributed by atoms with E-state index in [4.69, 9.17) is 4.74 Å². The number of methoxy groups -OCH3 is 1. The number of aromatic nitrogens is 2. The summed E-state index contributed by atoms with van der Waals surface area (Å²) in [5, 5.41) is 3.35. The molecule has 0 spiro atoms. The zero-order valence-electron chi connectivity index (χ0n) is 12.0. The first-order valence-electron chi connectivity index (χ1n) is 6.71. The fourth-order valence-electron chi connectivity index (χ4n) is 2.02. The summed E-state index contributed by atoms with van der Waals surface area (Å²) in [6.45, 7) is 8.91. The molecule has 18 heavy (non-hydrogen) atoms. The van der Waals surface area contributed by atoms with E-state index in [1.165, 1.54) is 5.56 Å². The summed E-state index contributed by atoms with van der Waals surface area (Å²) in [7, 11) is 1.72. The molecule has 4 heteroatoms. The number of rotatable bonds is 8. The van der Waals surface area contributed by atoms with Crippen molar-refractivity contribution in [3.8, 4) is 0 Å². The summed E-state index contributed by atoms with van der Waals surface area (Å²) in [6, 6.07) is 0. The number of nitrogens with zero attached hydrogens (tertiary/aromatic N) is 2.